The van der Waals surface area contributed by atoms with Crippen LogP contribution < -0.4 is 0 Å². The van der Waals surface area contributed by atoms with Gasteiger partial charge in [0.2, 0.25) is 0 Å². The highest BCUT2D eigenvalue weighted by Gasteiger charge is 2.17. The van der Waals surface area contributed by atoms with Crippen molar-refractivity contribution < 1.29 is 14.6 Å². The normalized spacial score (nSPS) is 16.0. The van der Waals surface area contributed by atoms with Crippen molar-refractivity contribution in [3.8, 4) is 0 Å². The minimum atomic E-state index is -1.50. The third-order valence-electron chi connectivity index (χ3n) is 0.606. The summed E-state index contributed by atoms with van der Waals surface area (Å²) in [6.07, 6.45) is 0. The van der Waals surface area contributed by atoms with Crippen molar-refractivity contribution in [2.75, 3.05) is 12.5 Å². The van der Waals surface area contributed by atoms with E-state index in [4.69, 9.17) is 28.3 Å². The molecule has 0 spiro atoms. The Hall–Kier alpha value is 0.01000. The summed E-state index contributed by atoms with van der Waals surface area (Å²) in [5, 5.41) is 7.31. The molecule has 0 aromatic rings. The fourth-order valence-electron chi connectivity index (χ4n) is 0.251. The number of ether oxygens (including phenoxy) is 1. The molecule has 0 rings (SSSR count). The average Bonchev–Trinajstić information content (AvgIpc) is 1.81. The lowest BCUT2D eigenvalue weighted by atomic mass is 10.4. The van der Waals surface area contributed by atoms with E-state index in [9.17, 15) is 4.79 Å². The maximum absolute atomic E-state index is 10.3. The van der Waals surface area contributed by atoms with Gasteiger partial charge >= 0.3 is 5.97 Å². The first-order valence-electron chi connectivity index (χ1n) is 2.58. The summed E-state index contributed by atoms with van der Waals surface area (Å²) in [5.74, 6) is -0.824. The summed E-state index contributed by atoms with van der Waals surface area (Å²) in [6, 6.07) is 0. The topological polar surface area (TPSA) is 46.5 Å². The first kappa shape index (κ1) is 10.0. The molecule has 5 heteroatoms. The molecule has 0 amide bonds. The molecule has 1 atom stereocenters. The second kappa shape index (κ2) is 4.01. The standard InChI is InChI=1S/C5H8Cl2O3/c1-5(7,9)3-10-4(8)2-6/h9H,2-3H2,1H3. The predicted molar refractivity (Wildman–Crippen MR) is 38.2 cm³/mol. The lowest BCUT2D eigenvalue weighted by molar-refractivity contribution is -0.144. The summed E-state index contributed by atoms with van der Waals surface area (Å²) in [4.78, 5) is 10.3. The van der Waals surface area contributed by atoms with Crippen molar-refractivity contribution in [2.45, 2.75) is 12.0 Å². The Morgan fingerprint density at radius 2 is 2.30 bits per heavy atom. The van der Waals surface area contributed by atoms with E-state index < -0.39 is 11.0 Å². The summed E-state index contributed by atoms with van der Waals surface area (Å²) in [7, 11) is 0. The van der Waals surface area contributed by atoms with Crippen LogP contribution in [0.5, 0.6) is 0 Å². The Bertz CT molecular complexity index is 119. The van der Waals surface area contributed by atoms with E-state index in [1.165, 1.54) is 6.92 Å². The second-order valence-corrected chi connectivity index (χ2v) is 3.02. The van der Waals surface area contributed by atoms with Crippen LogP contribution in [-0.4, -0.2) is 28.6 Å². The quantitative estimate of drug-likeness (QED) is 0.522. The van der Waals surface area contributed by atoms with Gasteiger partial charge in [-0.15, -0.1) is 11.6 Å². The minimum Gasteiger partial charge on any atom is -0.460 e. The van der Waals surface area contributed by atoms with Crippen molar-refractivity contribution in [1.82, 2.24) is 0 Å². The van der Waals surface area contributed by atoms with Crippen LogP contribution in [0.25, 0.3) is 0 Å². The van der Waals surface area contributed by atoms with E-state index in [-0.39, 0.29) is 12.5 Å². The smallest absolute Gasteiger partial charge is 0.321 e. The molecule has 3 nitrogen and oxygen atoms in total. The highest BCUT2D eigenvalue weighted by molar-refractivity contribution is 6.26. The molecule has 0 saturated heterocycles. The number of hydrogen-bond acceptors (Lipinski definition) is 3. The number of aliphatic hydroxyl groups is 1. The lowest BCUT2D eigenvalue weighted by Crippen LogP contribution is -2.25. The largest absolute Gasteiger partial charge is 0.460 e. The second-order valence-electron chi connectivity index (χ2n) is 1.94. The number of rotatable bonds is 3. The number of carbonyl (C=O) groups is 1. The van der Waals surface area contributed by atoms with Crippen molar-refractivity contribution >= 4 is 29.2 Å². The Morgan fingerprint density at radius 3 is 2.60 bits per heavy atom. The highest BCUT2D eigenvalue weighted by Crippen LogP contribution is 2.08. The van der Waals surface area contributed by atoms with Crippen LogP contribution in [0.1, 0.15) is 6.92 Å². The van der Waals surface area contributed by atoms with E-state index >= 15 is 0 Å². The van der Waals surface area contributed by atoms with E-state index in [0.717, 1.165) is 0 Å². The number of halogens is 2. The molecular formula is C5H8Cl2O3. The molecular weight excluding hydrogens is 179 g/mol. The first-order valence-corrected chi connectivity index (χ1v) is 3.50. The third-order valence-corrected chi connectivity index (χ3v) is 0.933. The van der Waals surface area contributed by atoms with Crippen molar-refractivity contribution in [3.05, 3.63) is 0 Å². The zero-order chi connectivity index (χ0) is 8.20. The molecule has 0 bridgehead atoms. The zero-order valence-corrected chi connectivity index (χ0v) is 6.95. The van der Waals surface area contributed by atoms with Gasteiger partial charge in [-0.25, -0.2) is 0 Å². The van der Waals surface area contributed by atoms with Gasteiger partial charge < -0.3 is 9.84 Å². The molecule has 0 aliphatic rings. The van der Waals surface area contributed by atoms with Crippen LogP contribution in [0, 0.1) is 0 Å². The number of carbonyl (C=O) groups excluding carboxylic acids is 1. The number of alkyl halides is 2. The molecule has 0 radical (unpaired) electrons. The molecule has 10 heavy (non-hydrogen) atoms. The summed E-state index contributed by atoms with van der Waals surface area (Å²) in [5.41, 5.74) is 0. The molecule has 0 aliphatic carbocycles. The average molecular weight is 187 g/mol. The van der Waals surface area contributed by atoms with Gasteiger partial charge in [-0.2, -0.15) is 0 Å². The Labute approximate surface area is 68.9 Å². The van der Waals surface area contributed by atoms with Crippen LogP contribution in [0.4, 0.5) is 0 Å². The van der Waals surface area contributed by atoms with Crippen molar-refractivity contribution in [1.29, 1.82) is 0 Å². The summed E-state index contributed by atoms with van der Waals surface area (Å²) < 4.78 is 4.40. The maximum atomic E-state index is 10.3. The minimum absolute atomic E-state index is 0.229. The Balaban J connectivity index is 3.46. The summed E-state index contributed by atoms with van der Waals surface area (Å²) >= 11 is 10.4. The Kier molecular flexibility index (Phi) is 4.01. The summed E-state index contributed by atoms with van der Waals surface area (Å²) in [6.45, 7) is 1.07. The highest BCUT2D eigenvalue weighted by atomic mass is 35.5. The van der Waals surface area contributed by atoms with Crippen LogP contribution in [0.2, 0.25) is 0 Å². The maximum Gasteiger partial charge on any atom is 0.321 e. The molecule has 0 fully saturated rings. The Morgan fingerprint density at radius 1 is 1.80 bits per heavy atom. The van der Waals surface area contributed by atoms with Gasteiger partial charge in [0.25, 0.3) is 0 Å². The molecule has 0 aromatic heterocycles. The molecule has 0 saturated carbocycles. The van der Waals surface area contributed by atoms with E-state index in [1.54, 1.807) is 0 Å². The van der Waals surface area contributed by atoms with Gasteiger partial charge in [0, 0.05) is 0 Å². The van der Waals surface area contributed by atoms with Gasteiger partial charge in [0.15, 0.2) is 5.06 Å². The van der Waals surface area contributed by atoms with E-state index in [0.29, 0.717) is 0 Å². The third kappa shape index (κ3) is 6.13. The molecule has 60 valence electrons. The predicted octanol–water partition coefficient (Wildman–Crippen LogP) is 0.716. The molecule has 0 aromatic carbocycles. The van der Waals surface area contributed by atoms with Gasteiger partial charge in [-0.3, -0.25) is 4.79 Å². The van der Waals surface area contributed by atoms with Crippen LogP contribution in [0.15, 0.2) is 0 Å². The lowest BCUT2D eigenvalue weighted by Gasteiger charge is -2.13. The fraction of sp³-hybridized carbons (Fsp3) is 0.800. The molecule has 1 N–H and O–H groups in total. The fourth-order valence-corrected chi connectivity index (χ4v) is 0.382. The molecule has 0 heterocycles. The van der Waals surface area contributed by atoms with Crippen LogP contribution in [0.3, 0.4) is 0 Å². The van der Waals surface area contributed by atoms with Gasteiger partial charge in [-0.1, -0.05) is 11.6 Å². The molecule has 0 aliphatic heterocycles. The first-order chi connectivity index (χ1) is 4.45. The van der Waals surface area contributed by atoms with Gasteiger partial charge in [0.05, 0.1) is 0 Å². The van der Waals surface area contributed by atoms with Crippen LogP contribution >= 0.6 is 23.2 Å². The van der Waals surface area contributed by atoms with Crippen molar-refractivity contribution in [2.24, 2.45) is 0 Å². The van der Waals surface area contributed by atoms with Gasteiger partial charge in [0.1, 0.15) is 12.5 Å². The van der Waals surface area contributed by atoms with E-state index in [1.807, 2.05) is 0 Å². The monoisotopic (exact) mass is 186 g/mol. The molecule has 1 unspecified atom stereocenters. The van der Waals surface area contributed by atoms with Crippen LogP contribution in [-0.2, 0) is 9.53 Å². The SMILES string of the molecule is CC(O)(Cl)COC(=O)CCl. The van der Waals surface area contributed by atoms with Crippen molar-refractivity contribution in [3.63, 3.8) is 0 Å². The number of esters is 1. The van der Waals surface area contributed by atoms with E-state index in [2.05, 4.69) is 4.74 Å². The van der Waals surface area contributed by atoms with Gasteiger partial charge in [-0.05, 0) is 6.92 Å². The number of hydrogen-bond donors (Lipinski definition) is 1. The zero-order valence-electron chi connectivity index (χ0n) is 5.43.